The van der Waals surface area contributed by atoms with Crippen molar-refractivity contribution >= 4 is 10.9 Å². The van der Waals surface area contributed by atoms with Crippen LogP contribution in [0.1, 0.15) is 5.56 Å². The van der Waals surface area contributed by atoms with Gasteiger partial charge in [-0.15, -0.1) is 0 Å². The SMILES string of the molecule is COc1ccc(-c2nc3cc(C(F)(F)F)ccc3c(=O)o2)c(OC)c1. The monoisotopic (exact) mass is 351 g/mol. The van der Waals surface area contributed by atoms with E-state index in [1.165, 1.54) is 14.2 Å². The summed E-state index contributed by atoms with van der Waals surface area (Å²) in [5, 5.41) is -0.0378. The Balaban J connectivity index is 2.22. The molecule has 0 N–H and O–H groups in total. The van der Waals surface area contributed by atoms with E-state index in [2.05, 4.69) is 4.98 Å². The molecule has 5 nitrogen and oxygen atoms in total. The molecule has 0 atom stereocenters. The van der Waals surface area contributed by atoms with Crippen molar-refractivity contribution in [2.75, 3.05) is 14.2 Å². The van der Waals surface area contributed by atoms with Crippen LogP contribution < -0.4 is 15.1 Å². The fourth-order valence-electron chi connectivity index (χ4n) is 2.34. The number of halogens is 3. The second-order valence-electron chi connectivity index (χ2n) is 5.10. The Morgan fingerprint density at radius 1 is 1.04 bits per heavy atom. The Labute approximate surface area is 139 Å². The molecule has 130 valence electrons. The number of ether oxygens (including phenoxy) is 2. The van der Waals surface area contributed by atoms with Crippen LogP contribution in [0.25, 0.3) is 22.4 Å². The molecule has 2 aromatic carbocycles. The van der Waals surface area contributed by atoms with E-state index >= 15 is 0 Å². The zero-order valence-corrected chi connectivity index (χ0v) is 13.2. The molecule has 0 saturated carbocycles. The number of alkyl halides is 3. The second-order valence-corrected chi connectivity index (χ2v) is 5.10. The summed E-state index contributed by atoms with van der Waals surface area (Å²) < 4.78 is 54.1. The molecule has 0 bridgehead atoms. The third-order valence-corrected chi connectivity index (χ3v) is 3.60. The van der Waals surface area contributed by atoms with Gasteiger partial charge in [0.2, 0.25) is 5.89 Å². The van der Waals surface area contributed by atoms with E-state index in [1.54, 1.807) is 18.2 Å². The predicted molar refractivity (Wildman–Crippen MR) is 83.8 cm³/mol. The molecular weight excluding hydrogens is 339 g/mol. The molecule has 0 spiro atoms. The molecule has 0 aliphatic heterocycles. The number of nitrogens with zero attached hydrogens (tertiary/aromatic N) is 1. The third-order valence-electron chi connectivity index (χ3n) is 3.60. The van der Waals surface area contributed by atoms with Crippen molar-refractivity contribution in [3.63, 3.8) is 0 Å². The first kappa shape index (κ1) is 16.8. The maximum atomic E-state index is 12.9. The number of fused-ring (bicyclic) bond motifs is 1. The number of hydrogen-bond acceptors (Lipinski definition) is 5. The van der Waals surface area contributed by atoms with Crippen LogP contribution in [0.5, 0.6) is 11.5 Å². The fourth-order valence-corrected chi connectivity index (χ4v) is 2.34. The van der Waals surface area contributed by atoms with E-state index in [-0.39, 0.29) is 16.8 Å². The summed E-state index contributed by atoms with van der Waals surface area (Å²) in [6.07, 6.45) is -4.54. The molecule has 0 radical (unpaired) electrons. The van der Waals surface area contributed by atoms with Gasteiger partial charge in [-0.25, -0.2) is 9.78 Å². The first-order valence-electron chi connectivity index (χ1n) is 7.08. The molecule has 0 aliphatic rings. The van der Waals surface area contributed by atoms with Crippen molar-refractivity contribution in [3.8, 4) is 23.0 Å². The quantitative estimate of drug-likeness (QED) is 0.716. The van der Waals surface area contributed by atoms with Crippen LogP contribution in [0.3, 0.4) is 0 Å². The predicted octanol–water partition coefficient (Wildman–Crippen LogP) is 3.89. The normalized spacial score (nSPS) is 11.6. The highest BCUT2D eigenvalue weighted by Gasteiger charge is 2.31. The number of hydrogen-bond donors (Lipinski definition) is 0. The van der Waals surface area contributed by atoms with Crippen molar-refractivity contribution in [2.45, 2.75) is 6.18 Å². The van der Waals surface area contributed by atoms with Crippen molar-refractivity contribution < 1.29 is 27.1 Å². The first-order chi connectivity index (χ1) is 11.8. The van der Waals surface area contributed by atoms with Gasteiger partial charge in [0.05, 0.1) is 36.2 Å². The highest BCUT2D eigenvalue weighted by molar-refractivity contribution is 5.80. The van der Waals surface area contributed by atoms with E-state index < -0.39 is 17.4 Å². The highest BCUT2D eigenvalue weighted by atomic mass is 19.4. The van der Waals surface area contributed by atoms with E-state index in [4.69, 9.17) is 13.9 Å². The minimum atomic E-state index is -4.54. The van der Waals surface area contributed by atoms with Crippen LogP contribution in [0.2, 0.25) is 0 Å². The smallest absolute Gasteiger partial charge is 0.416 e. The summed E-state index contributed by atoms with van der Waals surface area (Å²) in [5.74, 6) is 0.667. The van der Waals surface area contributed by atoms with E-state index in [0.717, 1.165) is 18.2 Å². The first-order valence-corrected chi connectivity index (χ1v) is 7.08. The maximum Gasteiger partial charge on any atom is 0.416 e. The van der Waals surface area contributed by atoms with E-state index in [0.29, 0.717) is 17.1 Å². The van der Waals surface area contributed by atoms with Crippen LogP contribution in [0, 0.1) is 0 Å². The molecule has 0 aliphatic carbocycles. The van der Waals surface area contributed by atoms with Gasteiger partial charge in [-0.1, -0.05) is 0 Å². The molecular formula is C17H12F3NO4. The molecule has 25 heavy (non-hydrogen) atoms. The van der Waals surface area contributed by atoms with Gasteiger partial charge in [0.25, 0.3) is 0 Å². The Hall–Kier alpha value is -3.03. The molecule has 1 aromatic heterocycles. The maximum absolute atomic E-state index is 12.9. The lowest BCUT2D eigenvalue weighted by Crippen LogP contribution is -2.08. The van der Waals surface area contributed by atoms with E-state index in [1.807, 2.05) is 0 Å². The molecule has 0 unspecified atom stereocenters. The summed E-state index contributed by atoms with van der Waals surface area (Å²) in [5.41, 5.74) is -1.48. The summed E-state index contributed by atoms with van der Waals surface area (Å²) in [6.45, 7) is 0. The average molecular weight is 351 g/mol. The van der Waals surface area contributed by atoms with Gasteiger partial charge in [-0.05, 0) is 30.3 Å². The lowest BCUT2D eigenvalue weighted by Gasteiger charge is -2.10. The zero-order valence-electron chi connectivity index (χ0n) is 13.2. The van der Waals surface area contributed by atoms with Crippen LogP contribution in [-0.2, 0) is 6.18 Å². The average Bonchev–Trinajstić information content (AvgIpc) is 2.59. The lowest BCUT2D eigenvalue weighted by molar-refractivity contribution is -0.137. The fraction of sp³-hybridized carbons (Fsp3) is 0.176. The summed E-state index contributed by atoms with van der Waals surface area (Å²) in [7, 11) is 2.88. The second kappa shape index (κ2) is 6.12. The van der Waals surface area contributed by atoms with Gasteiger partial charge in [0.15, 0.2) is 0 Å². The largest absolute Gasteiger partial charge is 0.497 e. The highest BCUT2D eigenvalue weighted by Crippen LogP contribution is 2.34. The van der Waals surface area contributed by atoms with Gasteiger partial charge in [-0.3, -0.25) is 0 Å². The van der Waals surface area contributed by atoms with Crippen LogP contribution in [0.15, 0.2) is 45.6 Å². The molecule has 3 rings (SSSR count). The summed E-state index contributed by atoms with van der Waals surface area (Å²) >= 11 is 0. The third kappa shape index (κ3) is 3.15. The Bertz CT molecular complexity index is 995. The molecule has 8 heteroatoms. The molecule has 3 aromatic rings. The standard InChI is InChI=1S/C17H12F3NO4/c1-23-10-4-6-12(14(8-10)24-2)15-21-13-7-9(17(18,19)20)3-5-11(13)16(22)25-15/h3-8H,1-2H3. The lowest BCUT2D eigenvalue weighted by atomic mass is 10.1. The van der Waals surface area contributed by atoms with Crippen molar-refractivity contribution in [1.29, 1.82) is 0 Å². The Morgan fingerprint density at radius 3 is 2.44 bits per heavy atom. The van der Waals surface area contributed by atoms with Gasteiger partial charge in [0.1, 0.15) is 11.5 Å². The number of benzene rings is 2. The molecule has 0 amide bonds. The van der Waals surface area contributed by atoms with E-state index in [9.17, 15) is 18.0 Å². The van der Waals surface area contributed by atoms with Gasteiger partial charge < -0.3 is 13.9 Å². The molecule has 0 fully saturated rings. The van der Waals surface area contributed by atoms with Crippen molar-refractivity contribution in [3.05, 3.63) is 52.4 Å². The minimum Gasteiger partial charge on any atom is -0.497 e. The van der Waals surface area contributed by atoms with Crippen LogP contribution in [0.4, 0.5) is 13.2 Å². The molecule has 0 saturated heterocycles. The Morgan fingerprint density at radius 2 is 1.80 bits per heavy atom. The van der Waals surface area contributed by atoms with Crippen LogP contribution >= 0.6 is 0 Å². The number of aromatic nitrogens is 1. The van der Waals surface area contributed by atoms with Gasteiger partial charge in [0, 0.05) is 6.07 Å². The van der Waals surface area contributed by atoms with Crippen molar-refractivity contribution in [2.24, 2.45) is 0 Å². The summed E-state index contributed by atoms with van der Waals surface area (Å²) in [6, 6.07) is 7.36. The number of rotatable bonds is 3. The number of methoxy groups -OCH3 is 2. The molecule has 1 heterocycles. The summed E-state index contributed by atoms with van der Waals surface area (Å²) in [4.78, 5) is 16.2. The van der Waals surface area contributed by atoms with Crippen LogP contribution in [-0.4, -0.2) is 19.2 Å². The minimum absolute atomic E-state index is 0.0378. The van der Waals surface area contributed by atoms with Gasteiger partial charge >= 0.3 is 11.8 Å². The Kier molecular flexibility index (Phi) is 4.12. The van der Waals surface area contributed by atoms with Crippen molar-refractivity contribution in [1.82, 2.24) is 4.98 Å². The van der Waals surface area contributed by atoms with Gasteiger partial charge in [-0.2, -0.15) is 13.2 Å². The topological polar surface area (TPSA) is 61.6 Å². The zero-order chi connectivity index (χ0) is 18.2.